The molecule has 1 heterocycles. The number of sulfonamides is 1. The van der Waals surface area contributed by atoms with E-state index in [1.807, 2.05) is 30.3 Å². The number of anilines is 1. The van der Waals surface area contributed by atoms with Crippen LogP contribution in [0.5, 0.6) is 11.5 Å². The maximum atomic E-state index is 12.7. The predicted octanol–water partition coefficient (Wildman–Crippen LogP) is 4.93. The third kappa shape index (κ3) is 5.52. The molecule has 0 saturated carbocycles. The zero-order valence-corrected chi connectivity index (χ0v) is 18.1. The first-order valence-electron chi connectivity index (χ1n) is 9.61. The fourth-order valence-electron chi connectivity index (χ4n) is 2.78. The van der Waals surface area contributed by atoms with Crippen LogP contribution in [0, 0.1) is 6.92 Å². The highest BCUT2D eigenvalue weighted by Gasteiger charge is 2.46. The fourth-order valence-corrected chi connectivity index (χ4v) is 3.36. The molecule has 7 nitrogen and oxygen atoms in total. The molecule has 0 aliphatic heterocycles. The number of halogens is 3. The van der Waals surface area contributed by atoms with Gasteiger partial charge in [-0.2, -0.15) is 21.6 Å². The summed E-state index contributed by atoms with van der Waals surface area (Å²) in [4.78, 5) is 4.48. The number of oxazole rings is 1. The molecule has 3 rings (SSSR count). The first kappa shape index (κ1) is 23.5. The molecule has 3 aromatic rings. The number of nitrogens with one attached hydrogen (secondary N) is 1. The third-order valence-electron chi connectivity index (χ3n) is 4.32. The van der Waals surface area contributed by atoms with Gasteiger partial charge in [-0.05, 0) is 38.1 Å². The number of hydrogen-bond acceptors (Lipinski definition) is 6. The van der Waals surface area contributed by atoms with Crippen molar-refractivity contribution in [3.05, 3.63) is 60.0 Å². The quantitative estimate of drug-likeness (QED) is 0.477. The molecule has 0 radical (unpaired) electrons. The molecule has 0 aliphatic carbocycles. The van der Waals surface area contributed by atoms with E-state index in [4.69, 9.17) is 13.9 Å². The normalized spacial score (nSPS) is 11.9. The third-order valence-corrected chi connectivity index (χ3v) is 5.42. The van der Waals surface area contributed by atoms with Crippen molar-refractivity contribution >= 4 is 15.7 Å². The van der Waals surface area contributed by atoms with E-state index in [9.17, 15) is 21.6 Å². The molecule has 0 unspecified atom stereocenters. The van der Waals surface area contributed by atoms with Gasteiger partial charge >= 0.3 is 15.5 Å². The largest absolute Gasteiger partial charge is 0.516 e. The molecular weight excluding hydrogens is 449 g/mol. The van der Waals surface area contributed by atoms with Gasteiger partial charge in [0.25, 0.3) is 0 Å². The maximum absolute atomic E-state index is 12.7. The predicted molar refractivity (Wildman–Crippen MR) is 112 cm³/mol. The number of ether oxygens (including phenoxy) is 2. The van der Waals surface area contributed by atoms with Crippen LogP contribution in [0.25, 0.3) is 11.5 Å². The Hall–Kier alpha value is -3.21. The number of aryl methyl sites for hydroxylation is 1. The Bertz CT molecular complexity index is 1160. The average molecular weight is 470 g/mol. The van der Waals surface area contributed by atoms with Crippen molar-refractivity contribution in [2.75, 3.05) is 17.9 Å². The molecule has 1 aromatic heterocycles. The Morgan fingerprint density at radius 2 is 1.81 bits per heavy atom. The Morgan fingerprint density at radius 3 is 2.47 bits per heavy atom. The smallest absolute Gasteiger partial charge is 0.493 e. The summed E-state index contributed by atoms with van der Waals surface area (Å²) in [6.45, 7) is 3.74. The number of aromatic nitrogens is 1. The van der Waals surface area contributed by atoms with Crippen LogP contribution in [0.4, 0.5) is 18.9 Å². The Balaban J connectivity index is 1.68. The van der Waals surface area contributed by atoms with Gasteiger partial charge in [0, 0.05) is 18.1 Å². The molecule has 0 aliphatic rings. The van der Waals surface area contributed by atoms with Crippen molar-refractivity contribution in [3.8, 4) is 23.0 Å². The highest BCUT2D eigenvalue weighted by Crippen LogP contribution is 2.33. The number of alkyl halides is 3. The van der Waals surface area contributed by atoms with E-state index in [-0.39, 0.29) is 24.7 Å². The second-order valence-electron chi connectivity index (χ2n) is 6.63. The molecule has 0 spiro atoms. The van der Waals surface area contributed by atoms with Gasteiger partial charge in [0.05, 0.1) is 24.6 Å². The van der Waals surface area contributed by atoms with Crippen LogP contribution in [0.2, 0.25) is 0 Å². The Morgan fingerprint density at radius 1 is 1.09 bits per heavy atom. The summed E-state index contributed by atoms with van der Waals surface area (Å²) in [6, 6.07) is 13.2. The molecule has 0 amide bonds. The second kappa shape index (κ2) is 9.51. The SMILES string of the molecule is CCOc1cc(OCCc2nc(-c3ccccc3)oc2C)ccc1NS(=O)(=O)C(F)(F)F. The van der Waals surface area contributed by atoms with E-state index in [1.54, 1.807) is 13.8 Å². The lowest BCUT2D eigenvalue weighted by atomic mass is 10.2. The van der Waals surface area contributed by atoms with Gasteiger partial charge in [-0.25, -0.2) is 4.98 Å². The molecular formula is C21H21F3N2O5S. The van der Waals surface area contributed by atoms with Crippen LogP contribution in [0.3, 0.4) is 0 Å². The van der Waals surface area contributed by atoms with Crippen LogP contribution in [-0.4, -0.2) is 32.1 Å². The van der Waals surface area contributed by atoms with E-state index in [2.05, 4.69) is 4.98 Å². The van der Waals surface area contributed by atoms with Gasteiger partial charge in [0.1, 0.15) is 17.3 Å². The zero-order valence-electron chi connectivity index (χ0n) is 17.3. The number of rotatable bonds is 9. The summed E-state index contributed by atoms with van der Waals surface area (Å²) in [7, 11) is -5.57. The summed E-state index contributed by atoms with van der Waals surface area (Å²) in [6.07, 6.45) is 0.425. The highest BCUT2D eigenvalue weighted by atomic mass is 32.2. The number of hydrogen-bond donors (Lipinski definition) is 1. The van der Waals surface area contributed by atoms with Gasteiger partial charge in [-0.3, -0.25) is 4.72 Å². The van der Waals surface area contributed by atoms with E-state index < -0.39 is 15.5 Å². The minimum Gasteiger partial charge on any atom is -0.493 e. The lowest BCUT2D eigenvalue weighted by Crippen LogP contribution is -2.30. The topological polar surface area (TPSA) is 90.7 Å². The summed E-state index contributed by atoms with van der Waals surface area (Å²) in [5, 5.41) is 0. The van der Waals surface area contributed by atoms with E-state index >= 15 is 0 Å². The number of nitrogens with zero attached hydrogens (tertiary/aromatic N) is 1. The average Bonchev–Trinajstić information content (AvgIpc) is 3.10. The van der Waals surface area contributed by atoms with Crippen molar-refractivity contribution in [1.29, 1.82) is 0 Å². The van der Waals surface area contributed by atoms with Gasteiger partial charge in [-0.15, -0.1) is 0 Å². The fraction of sp³-hybridized carbons (Fsp3) is 0.286. The molecule has 0 fully saturated rings. The summed E-state index contributed by atoms with van der Waals surface area (Å²) < 4.78 is 78.9. The lowest BCUT2D eigenvalue weighted by Gasteiger charge is -2.15. The molecule has 2 aromatic carbocycles. The summed E-state index contributed by atoms with van der Waals surface area (Å²) >= 11 is 0. The van der Waals surface area contributed by atoms with Crippen molar-refractivity contribution in [3.63, 3.8) is 0 Å². The minimum atomic E-state index is -5.57. The minimum absolute atomic E-state index is 0.0817. The molecule has 172 valence electrons. The number of benzene rings is 2. The van der Waals surface area contributed by atoms with E-state index in [1.165, 1.54) is 16.9 Å². The molecule has 0 saturated heterocycles. The van der Waals surface area contributed by atoms with Crippen molar-refractivity contribution < 1.29 is 35.5 Å². The van der Waals surface area contributed by atoms with Crippen LogP contribution < -0.4 is 14.2 Å². The maximum Gasteiger partial charge on any atom is 0.516 e. The monoisotopic (exact) mass is 470 g/mol. The van der Waals surface area contributed by atoms with Crippen molar-refractivity contribution in [2.45, 2.75) is 25.8 Å². The zero-order chi connectivity index (χ0) is 23.4. The summed E-state index contributed by atoms with van der Waals surface area (Å²) in [5.41, 5.74) is -4.22. The van der Waals surface area contributed by atoms with E-state index in [0.29, 0.717) is 29.5 Å². The molecule has 0 atom stereocenters. The van der Waals surface area contributed by atoms with Crippen LogP contribution in [0.15, 0.2) is 52.9 Å². The molecule has 11 heteroatoms. The molecule has 0 bridgehead atoms. The van der Waals surface area contributed by atoms with E-state index in [0.717, 1.165) is 11.6 Å². The van der Waals surface area contributed by atoms with Gasteiger partial charge in [-0.1, -0.05) is 18.2 Å². The van der Waals surface area contributed by atoms with Crippen LogP contribution >= 0.6 is 0 Å². The molecule has 32 heavy (non-hydrogen) atoms. The Kier molecular flexibility index (Phi) is 6.97. The van der Waals surface area contributed by atoms with Crippen molar-refractivity contribution in [1.82, 2.24) is 4.98 Å². The van der Waals surface area contributed by atoms with Gasteiger partial charge in [0.2, 0.25) is 5.89 Å². The lowest BCUT2D eigenvalue weighted by molar-refractivity contribution is -0.0429. The van der Waals surface area contributed by atoms with Crippen LogP contribution in [-0.2, 0) is 16.4 Å². The standard InChI is InChI=1S/C21H21F3N2O5S/c1-3-29-19-13-16(9-10-18(19)26-32(27,28)21(22,23)24)30-12-11-17-14(2)31-20(25-17)15-7-5-4-6-8-15/h4-10,13,26H,3,11-12H2,1-2H3. The highest BCUT2D eigenvalue weighted by molar-refractivity contribution is 7.93. The first-order chi connectivity index (χ1) is 15.1. The first-order valence-corrected chi connectivity index (χ1v) is 11.1. The van der Waals surface area contributed by atoms with Gasteiger partial charge in [0.15, 0.2) is 0 Å². The Labute approximate surface area is 183 Å². The van der Waals surface area contributed by atoms with Gasteiger partial charge < -0.3 is 13.9 Å². The van der Waals surface area contributed by atoms with Crippen LogP contribution in [0.1, 0.15) is 18.4 Å². The molecule has 1 N–H and O–H groups in total. The second-order valence-corrected chi connectivity index (χ2v) is 8.30. The van der Waals surface area contributed by atoms with Crippen molar-refractivity contribution in [2.24, 2.45) is 0 Å². The summed E-state index contributed by atoms with van der Waals surface area (Å²) in [5.74, 6) is 1.37.